The molecule has 1 unspecified atom stereocenters. The van der Waals surface area contributed by atoms with Crippen molar-refractivity contribution in [2.75, 3.05) is 20.1 Å². The molecular weight excluding hydrogens is 138 g/mol. The Balaban J connectivity index is 2.27. The van der Waals surface area contributed by atoms with E-state index in [-0.39, 0.29) is 0 Å². The van der Waals surface area contributed by atoms with Gasteiger partial charge in [-0.05, 0) is 45.3 Å². The van der Waals surface area contributed by atoms with E-state index in [0.29, 0.717) is 5.92 Å². The highest BCUT2D eigenvalue weighted by molar-refractivity contribution is 5.49. The van der Waals surface area contributed by atoms with Crippen LogP contribution in [0.5, 0.6) is 0 Å². The van der Waals surface area contributed by atoms with Crippen LogP contribution in [-0.2, 0) is 4.79 Å². The van der Waals surface area contributed by atoms with Gasteiger partial charge in [-0.1, -0.05) is 0 Å². The lowest BCUT2D eigenvalue weighted by atomic mass is 9.98. The molecule has 11 heavy (non-hydrogen) atoms. The fourth-order valence-corrected chi connectivity index (χ4v) is 1.68. The Hall–Kier alpha value is -0.370. The highest BCUT2D eigenvalue weighted by Gasteiger charge is 2.13. The molecule has 0 spiro atoms. The van der Waals surface area contributed by atoms with Crippen LogP contribution in [0.1, 0.15) is 25.7 Å². The Labute approximate surface area is 68.6 Å². The number of rotatable bonds is 2. The van der Waals surface area contributed by atoms with Crippen molar-refractivity contribution < 1.29 is 4.79 Å². The Kier molecular flexibility index (Phi) is 3.57. The highest BCUT2D eigenvalue weighted by atomic mass is 16.1. The number of hydrogen-bond acceptors (Lipinski definition) is 2. The summed E-state index contributed by atoms with van der Waals surface area (Å²) in [5.41, 5.74) is 0. The first-order valence-electron chi connectivity index (χ1n) is 4.45. The smallest absolute Gasteiger partial charge is 0.120 e. The molecule has 1 atom stereocenters. The van der Waals surface area contributed by atoms with Crippen LogP contribution in [0.4, 0.5) is 0 Å². The summed E-state index contributed by atoms with van der Waals surface area (Å²) in [5, 5.41) is 0. The lowest BCUT2D eigenvalue weighted by molar-refractivity contribution is -0.108. The normalized spacial score (nSPS) is 27.9. The first-order valence-corrected chi connectivity index (χ1v) is 4.45. The van der Waals surface area contributed by atoms with Crippen LogP contribution >= 0.6 is 0 Å². The maximum Gasteiger partial charge on any atom is 0.120 e. The van der Waals surface area contributed by atoms with Gasteiger partial charge in [0, 0.05) is 6.42 Å². The van der Waals surface area contributed by atoms with Gasteiger partial charge in [0.25, 0.3) is 0 Å². The van der Waals surface area contributed by atoms with Gasteiger partial charge in [0.2, 0.25) is 0 Å². The largest absolute Gasteiger partial charge is 0.306 e. The van der Waals surface area contributed by atoms with Crippen LogP contribution in [0.3, 0.4) is 0 Å². The Morgan fingerprint density at radius 3 is 3.00 bits per heavy atom. The number of likely N-dealkylation sites (tertiary alicyclic amines) is 1. The molecule has 1 aliphatic heterocycles. The van der Waals surface area contributed by atoms with E-state index in [4.69, 9.17) is 0 Å². The second-order valence-electron chi connectivity index (χ2n) is 3.50. The SMILES string of the molecule is CN1CCCC(CC=O)CC1. The van der Waals surface area contributed by atoms with E-state index in [1.54, 1.807) is 0 Å². The molecule has 1 rings (SSSR count). The van der Waals surface area contributed by atoms with Crippen molar-refractivity contribution >= 4 is 6.29 Å². The van der Waals surface area contributed by atoms with Crippen molar-refractivity contribution in [2.24, 2.45) is 5.92 Å². The van der Waals surface area contributed by atoms with Crippen LogP contribution in [0.25, 0.3) is 0 Å². The van der Waals surface area contributed by atoms with Crippen LogP contribution in [-0.4, -0.2) is 31.3 Å². The summed E-state index contributed by atoms with van der Waals surface area (Å²) >= 11 is 0. The summed E-state index contributed by atoms with van der Waals surface area (Å²) in [6, 6.07) is 0. The lowest BCUT2D eigenvalue weighted by Crippen LogP contribution is -2.18. The van der Waals surface area contributed by atoms with Gasteiger partial charge in [0.15, 0.2) is 0 Å². The van der Waals surface area contributed by atoms with Crippen molar-refractivity contribution in [1.82, 2.24) is 4.90 Å². The van der Waals surface area contributed by atoms with Gasteiger partial charge in [-0.3, -0.25) is 0 Å². The molecule has 1 heterocycles. The summed E-state index contributed by atoms with van der Waals surface area (Å²) in [4.78, 5) is 12.6. The van der Waals surface area contributed by atoms with Gasteiger partial charge in [-0.2, -0.15) is 0 Å². The standard InChI is InChI=1S/C9H17NO/c1-10-6-2-3-9(4-7-10)5-8-11/h8-9H,2-7H2,1H3. The predicted octanol–water partition coefficient (Wildman–Crippen LogP) is 1.31. The third-order valence-corrected chi connectivity index (χ3v) is 2.50. The van der Waals surface area contributed by atoms with Gasteiger partial charge in [0.1, 0.15) is 6.29 Å². The molecule has 0 radical (unpaired) electrons. The summed E-state index contributed by atoms with van der Waals surface area (Å²) in [7, 11) is 2.16. The van der Waals surface area contributed by atoms with Crippen molar-refractivity contribution in [1.29, 1.82) is 0 Å². The van der Waals surface area contributed by atoms with Gasteiger partial charge in [0.05, 0.1) is 0 Å². The summed E-state index contributed by atoms with van der Waals surface area (Å²) in [6.07, 6.45) is 5.54. The minimum absolute atomic E-state index is 0.664. The monoisotopic (exact) mass is 155 g/mol. The van der Waals surface area contributed by atoms with Crippen molar-refractivity contribution in [3.63, 3.8) is 0 Å². The number of hydrogen-bond donors (Lipinski definition) is 0. The highest BCUT2D eigenvalue weighted by Crippen LogP contribution is 2.18. The summed E-state index contributed by atoms with van der Waals surface area (Å²) in [5.74, 6) is 0.664. The molecule has 2 heteroatoms. The zero-order valence-corrected chi connectivity index (χ0v) is 7.25. The Morgan fingerprint density at radius 1 is 1.45 bits per heavy atom. The van der Waals surface area contributed by atoms with Gasteiger partial charge in [-0.25, -0.2) is 0 Å². The minimum Gasteiger partial charge on any atom is -0.306 e. The Bertz CT molecular complexity index is 125. The minimum atomic E-state index is 0.664. The number of aldehydes is 1. The molecule has 0 N–H and O–H groups in total. The predicted molar refractivity (Wildman–Crippen MR) is 45.5 cm³/mol. The average Bonchev–Trinajstić information content (AvgIpc) is 2.17. The molecule has 0 aromatic rings. The molecule has 0 aliphatic carbocycles. The zero-order valence-electron chi connectivity index (χ0n) is 7.25. The second-order valence-corrected chi connectivity index (χ2v) is 3.50. The number of carbonyl (C=O) groups excluding carboxylic acids is 1. The van der Waals surface area contributed by atoms with Crippen LogP contribution < -0.4 is 0 Å². The third-order valence-electron chi connectivity index (χ3n) is 2.50. The second kappa shape index (κ2) is 4.50. The van der Waals surface area contributed by atoms with Crippen molar-refractivity contribution in [2.45, 2.75) is 25.7 Å². The van der Waals surface area contributed by atoms with E-state index in [1.807, 2.05) is 0 Å². The Morgan fingerprint density at radius 2 is 2.27 bits per heavy atom. The number of nitrogens with zero attached hydrogens (tertiary/aromatic N) is 1. The molecule has 64 valence electrons. The first-order chi connectivity index (χ1) is 5.33. The molecule has 1 fully saturated rings. The summed E-state index contributed by atoms with van der Waals surface area (Å²) < 4.78 is 0. The molecule has 0 amide bonds. The van der Waals surface area contributed by atoms with Gasteiger partial charge >= 0.3 is 0 Å². The molecule has 2 nitrogen and oxygen atoms in total. The zero-order chi connectivity index (χ0) is 8.10. The molecule has 0 saturated carbocycles. The molecule has 0 bridgehead atoms. The first kappa shape index (κ1) is 8.72. The van der Waals surface area contributed by atoms with Crippen molar-refractivity contribution in [3.05, 3.63) is 0 Å². The maximum atomic E-state index is 10.3. The fraction of sp³-hybridized carbons (Fsp3) is 0.889. The van der Waals surface area contributed by atoms with Crippen LogP contribution in [0.15, 0.2) is 0 Å². The third kappa shape index (κ3) is 3.02. The topological polar surface area (TPSA) is 20.3 Å². The van der Waals surface area contributed by atoms with Crippen LogP contribution in [0, 0.1) is 5.92 Å². The quantitative estimate of drug-likeness (QED) is 0.560. The maximum absolute atomic E-state index is 10.3. The van der Waals surface area contributed by atoms with E-state index in [2.05, 4.69) is 11.9 Å². The molecular formula is C9H17NO. The van der Waals surface area contributed by atoms with E-state index in [9.17, 15) is 4.79 Å². The van der Waals surface area contributed by atoms with E-state index in [1.165, 1.54) is 32.4 Å². The van der Waals surface area contributed by atoms with Crippen molar-refractivity contribution in [3.8, 4) is 0 Å². The number of carbonyl (C=O) groups is 1. The van der Waals surface area contributed by atoms with Gasteiger partial charge in [-0.15, -0.1) is 0 Å². The molecule has 0 aromatic heterocycles. The summed E-state index contributed by atoms with van der Waals surface area (Å²) in [6.45, 7) is 2.37. The lowest BCUT2D eigenvalue weighted by Gasteiger charge is -2.12. The van der Waals surface area contributed by atoms with Gasteiger partial charge < -0.3 is 9.69 Å². The molecule has 1 saturated heterocycles. The molecule has 1 aliphatic rings. The van der Waals surface area contributed by atoms with E-state index < -0.39 is 0 Å². The van der Waals surface area contributed by atoms with Crippen LogP contribution in [0.2, 0.25) is 0 Å². The van der Waals surface area contributed by atoms with E-state index >= 15 is 0 Å². The average molecular weight is 155 g/mol. The van der Waals surface area contributed by atoms with E-state index in [0.717, 1.165) is 12.7 Å². The molecule has 0 aromatic carbocycles. The fourth-order valence-electron chi connectivity index (χ4n) is 1.68.